The van der Waals surface area contributed by atoms with Gasteiger partial charge in [0.15, 0.2) is 0 Å². The summed E-state index contributed by atoms with van der Waals surface area (Å²) in [6.07, 6.45) is 0.639. The minimum Gasteiger partial charge on any atom is -0.373 e. The lowest BCUT2D eigenvalue weighted by atomic mass is 10.00. The fraction of sp³-hybridized carbons (Fsp3) is 0.619. The van der Waals surface area contributed by atoms with Crippen molar-refractivity contribution in [3.63, 3.8) is 0 Å². The van der Waals surface area contributed by atoms with Crippen LogP contribution >= 0.6 is 0 Å². The minimum absolute atomic E-state index is 0.0641. The number of amides is 3. The highest BCUT2D eigenvalue weighted by Crippen LogP contribution is 2.20. The molecule has 7 nitrogen and oxygen atoms in total. The van der Waals surface area contributed by atoms with Gasteiger partial charge in [-0.1, -0.05) is 30.3 Å². The van der Waals surface area contributed by atoms with E-state index in [0.29, 0.717) is 19.6 Å². The lowest BCUT2D eigenvalue weighted by Gasteiger charge is -2.45. The van der Waals surface area contributed by atoms with Crippen LogP contribution < -0.4 is 16.0 Å². The Morgan fingerprint density at radius 1 is 1.07 bits per heavy atom. The van der Waals surface area contributed by atoms with E-state index in [9.17, 15) is 9.59 Å². The van der Waals surface area contributed by atoms with Gasteiger partial charge in [0, 0.05) is 44.7 Å². The Bertz CT molecular complexity index is 626. The Kier molecular flexibility index (Phi) is 8.26. The summed E-state index contributed by atoms with van der Waals surface area (Å²) < 4.78 is 5.79. The highest BCUT2D eigenvalue weighted by Gasteiger charge is 2.33. The van der Waals surface area contributed by atoms with Gasteiger partial charge >= 0.3 is 6.03 Å². The Morgan fingerprint density at radius 3 is 2.36 bits per heavy atom. The summed E-state index contributed by atoms with van der Waals surface area (Å²) in [5.41, 5.74) is 0.881. The van der Waals surface area contributed by atoms with Gasteiger partial charge in [-0.3, -0.25) is 9.69 Å². The smallest absolute Gasteiger partial charge is 0.315 e. The van der Waals surface area contributed by atoms with E-state index in [1.165, 1.54) is 0 Å². The third-order valence-corrected chi connectivity index (χ3v) is 4.93. The van der Waals surface area contributed by atoms with Crippen molar-refractivity contribution < 1.29 is 14.3 Å². The molecule has 28 heavy (non-hydrogen) atoms. The van der Waals surface area contributed by atoms with Crippen molar-refractivity contribution in [3.8, 4) is 0 Å². The quantitative estimate of drug-likeness (QED) is 0.633. The number of nitrogens with one attached hydrogen (secondary N) is 3. The van der Waals surface area contributed by atoms with Crippen LogP contribution in [0, 0.1) is 0 Å². The highest BCUT2D eigenvalue weighted by atomic mass is 16.5. The van der Waals surface area contributed by atoms with Crippen molar-refractivity contribution in [1.82, 2.24) is 20.9 Å². The lowest BCUT2D eigenvalue weighted by molar-refractivity contribution is -0.122. The fourth-order valence-electron chi connectivity index (χ4n) is 3.32. The highest BCUT2D eigenvalue weighted by molar-refractivity contribution is 5.78. The summed E-state index contributed by atoms with van der Waals surface area (Å²) in [5, 5.41) is 8.49. The molecular weight excluding hydrogens is 356 g/mol. The number of benzene rings is 1. The SMILES string of the molecule is CC1CN(C(C)(C)CNC(=O)CCNC(=O)NCc2ccccc2)CC(C)O1. The van der Waals surface area contributed by atoms with Gasteiger partial charge in [0.2, 0.25) is 5.91 Å². The van der Waals surface area contributed by atoms with Crippen LogP contribution in [-0.4, -0.2) is 60.8 Å². The maximum Gasteiger partial charge on any atom is 0.315 e. The van der Waals surface area contributed by atoms with Crippen molar-refractivity contribution in [2.24, 2.45) is 0 Å². The van der Waals surface area contributed by atoms with Crippen LogP contribution in [0.1, 0.15) is 39.7 Å². The molecule has 1 aliphatic heterocycles. The fourth-order valence-corrected chi connectivity index (χ4v) is 3.32. The first kappa shape index (κ1) is 22.2. The van der Waals surface area contributed by atoms with Crippen molar-refractivity contribution in [2.45, 2.75) is 58.4 Å². The first-order valence-electron chi connectivity index (χ1n) is 9.99. The zero-order valence-electron chi connectivity index (χ0n) is 17.5. The predicted molar refractivity (Wildman–Crippen MR) is 110 cm³/mol. The first-order valence-corrected chi connectivity index (χ1v) is 9.99. The number of hydrogen-bond acceptors (Lipinski definition) is 4. The molecule has 0 spiro atoms. The molecule has 1 fully saturated rings. The number of rotatable bonds is 8. The average Bonchev–Trinajstić information content (AvgIpc) is 2.65. The number of urea groups is 1. The largest absolute Gasteiger partial charge is 0.373 e. The minimum atomic E-state index is -0.270. The number of nitrogens with zero attached hydrogens (tertiary/aromatic N) is 1. The van der Waals surface area contributed by atoms with E-state index in [1.54, 1.807) is 0 Å². The molecule has 0 aromatic heterocycles. The van der Waals surface area contributed by atoms with Crippen LogP contribution in [0.4, 0.5) is 4.79 Å². The van der Waals surface area contributed by atoms with E-state index in [0.717, 1.165) is 18.7 Å². The summed E-state index contributed by atoms with van der Waals surface area (Å²) in [6.45, 7) is 11.5. The summed E-state index contributed by atoms with van der Waals surface area (Å²) in [4.78, 5) is 26.3. The second-order valence-electron chi connectivity index (χ2n) is 8.10. The Hall–Kier alpha value is -2.12. The molecular formula is C21H34N4O3. The maximum absolute atomic E-state index is 12.1. The zero-order chi connectivity index (χ0) is 20.6. The number of carbonyl (C=O) groups excluding carboxylic acids is 2. The number of hydrogen-bond donors (Lipinski definition) is 3. The van der Waals surface area contributed by atoms with E-state index in [4.69, 9.17) is 4.74 Å². The van der Waals surface area contributed by atoms with E-state index < -0.39 is 0 Å². The van der Waals surface area contributed by atoms with Crippen molar-refractivity contribution >= 4 is 11.9 Å². The predicted octanol–water partition coefficient (Wildman–Crippen LogP) is 1.88. The topological polar surface area (TPSA) is 82.7 Å². The van der Waals surface area contributed by atoms with E-state index in [2.05, 4.69) is 48.5 Å². The molecule has 0 aliphatic carbocycles. The molecule has 156 valence electrons. The molecule has 2 unspecified atom stereocenters. The van der Waals surface area contributed by atoms with Crippen molar-refractivity contribution in [1.29, 1.82) is 0 Å². The Morgan fingerprint density at radius 2 is 1.71 bits per heavy atom. The van der Waals surface area contributed by atoms with Gasteiger partial charge in [-0.05, 0) is 33.3 Å². The third-order valence-electron chi connectivity index (χ3n) is 4.93. The number of morpholine rings is 1. The molecule has 0 saturated carbocycles. The van der Waals surface area contributed by atoms with Crippen molar-refractivity contribution in [3.05, 3.63) is 35.9 Å². The van der Waals surface area contributed by atoms with Crippen molar-refractivity contribution in [2.75, 3.05) is 26.2 Å². The number of ether oxygens (including phenoxy) is 1. The molecule has 0 bridgehead atoms. The van der Waals surface area contributed by atoms with E-state index >= 15 is 0 Å². The molecule has 3 N–H and O–H groups in total. The summed E-state index contributed by atoms with van der Waals surface area (Å²) >= 11 is 0. The maximum atomic E-state index is 12.1. The van der Waals surface area contributed by atoms with E-state index in [-0.39, 0.29) is 36.1 Å². The molecule has 1 aromatic carbocycles. The summed E-state index contributed by atoms with van der Waals surface area (Å²) in [7, 11) is 0. The summed E-state index contributed by atoms with van der Waals surface area (Å²) in [5.74, 6) is -0.0641. The van der Waals surface area contributed by atoms with Gasteiger partial charge in [0.05, 0.1) is 12.2 Å². The second kappa shape index (κ2) is 10.4. The molecule has 1 heterocycles. The van der Waals surface area contributed by atoms with Gasteiger partial charge in [0.25, 0.3) is 0 Å². The molecule has 1 aromatic rings. The van der Waals surface area contributed by atoms with Crippen LogP contribution in [-0.2, 0) is 16.1 Å². The van der Waals surface area contributed by atoms with Crippen LogP contribution in [0.25, 0.3) is 0 Å². The lowest BCUT2D eigenvalue weighted by Crippen LogP contribution is -2.58. The Balaban J connectivity index is 1.63. The standard InChI is InChI=1S/C21H34N4O3/c1-16-13-25(14-17(2)28-16)21(3,4)15-24-19(26)10-11-22-20(27)23-12-18-8-6-5-7-9-18/h5-9,16-17H,10-15H2,1-4H3,(H,24,26)(H2,22,23,27). The van der Waals surface area contributed by atoms with Gasteiger partial charge in [-0.15, -0.1) is 0 Å². The molecule has 2 rings (SSSR count). The first-order chi connectivity index (χ1) is 13.3. The number of carbonyl (C=O) groups is 2. The van der Waals surface area contributed by atoms with Gasteiger partial charge < -0.3 is 20.7 Å². The van der Waals surface area contributed by atoms with Crippen LogP contribution in [0.2, 0.25) is 0 Å². The molecule has 0 radical (unpaired) electrons. The monoisotopic (exact) mass is 390 g/mol. The van der Waals surface area contributed by atoms with Crippen LogP contribution in [0.5, 0.6) is 0 Å². The van der Waals surface area contributed by atoms with Gasteiger partial charge in [0.1, 0.15) is 0 Å². The van der Waals surface area contributed by atoms with E-state index in [1.807, 2.05) is 30.3 Å². The third kappa shape index (κ3) is 7.48. The molecule has 1 saturated heterocycles. The molecule has 2 atom stereocenters. The van der Waals surface area contributed by atoms with Crippen LogP contribution in [0.15, 0.2) is 30.3 Å². The summed E-state index contributed by atoms with van der Waals surface area (Å²) in [6, 6.07) is 9.42. The normalized spacial score (nSPS) is 20.4. The Labute approximate surface area is 168 Å². The second-order valence-corrected chi connectivity index (χ2v) is 8.10. The van der Waals surface area contributed by atoms with Gasteiger partial charge in [-0.2, -0.15) is 0 Å². The van der Waals surface area contributed by atoms with Crippen LogP contribution in [0.3, 0.4) is 0 Å². The molecule has 1 aliphatic rings. The van der Waals surface area contributed by atoms with Gasteiger partial charge in [-0.25, -0.2) is 4.79 Å². The average molecular weight is 391 g/mol. The zero-order valence-corrected chi connectivity index (χ0v) is 17.5. The molecule has 3 amide bonds. The molecule has 7 heteroatoms.